The van der Waals surface area contributed by atoms with Gasteiger partial charge in [0.05, 0.1) is 12.2 Å². The van der Waals surface area contributed by atoms with E-state index in [4.69, 9.17) is 15.2 Å². The summed E-state index contributed by atoms with van der Waals surface area (Å²) in [5.41, 5.74) is 4.55. The summed E-state index contributed by atoms with van der Waals surface area (Å²) in [4.78, 5) is 17.9. The van der Waals surface area contributed by atoms with Gasteiger partial charge in [-0.15, -0.1) is 0 Å². The molecule has 0 aliphatic carbocycles. The van der Waals surface area contributed by atoms with Crippen molar-refractivity contribution in [2.24, 2.45) is 0 Å². The molecule has 2 aliphatic rings. The Bertz CT molecular complexity index is 952. The third kappa shape index (κ3) is 3.30. The topological polar surface area (TPSA) is 159 Å². The van der Waals surface area contributed by atoms with E-state index in [9.17, 15) is 20.3 Å². The summed E-state index contributed by atoms with van der Waals surface area (Å²) in [7, 11) is 0. The molecule has 4 N–H and O–H groups in total. The summed E-state index contributed by atoms with van der Waals surface area (Å²) in [6, 6.07) is 5.07. The number of ether oxygens (including phenoxy) is 2. The van der Waals surface area contributed by atoms with Gasteiger partial charge in [-0.3, -0.25) is 9.69 Å². The zero-order chi connectivity index (χ0) is 20.6. The number of rotatable bonds is 5. The number of aliphatic hydroxyl groups excluding tert-OH is 2. The molecule has 2 aromatic heterocycles. The van der Waals surface area contributed by atoms with Gasteiger partial charge < -0.3 is 25.4 Å². The van der Waals surface area contributed by atoms with Gasteiger partial charge in [-0.25, -0.2) is 9.50 Å². The van der Waals surface area contributed by atoms with Gasteiger partial charge in [0.15, 0.2) is 5.82 Å². The summed E-state index contributed by atoms with van der Waals surface area (Å²) in [6.07, 6.45) is -0.770. The van der Waals surface area contributed by atoms with Crippen molar-refractivity contribution in [3.8, 4) is 6.07 Å². The summed E-state index contributed by atoms with van der Waals surface area (Å²) >= 11 is 0. The largest absolute Gasteiger partial charge is 0.462 e. The van der Waals surface area contributed by atoms with Crippen LogP contribution in [0.5, 0.6) is 0 Å². The molecule has 2 aliphatic heterocycles. The van der Waals surface area contributed by atoms with Crippen LogP contribution in [0.15, 0.2) is 18.5 Å². The van der Waals surface area contributed by atoms with Crippen molar-refractivity contribution >= 4 is 17.3 Å². The predicted molar refractivity (Wildman–Crippen MR) is 98.2 cm³/mol. The molecular formula is C18H22N6O5. The monoisotopic (exact) mass is 402 g/mol. The number of nitrogens with two attached hydrogens (primary N) is 1. The fourth-order valence-corrected chi connectivity index (χ4v) is 3.89. The lowest BCUT2D eigenvalue weighted by molar-refractivity contribution is -0.151. The molecule has 4 atom stereocenters. The number of carbonyl (C=O) groups excluding carboxylic acids is 1. The molecule has 154 valence electrons. The van der Waals surface area contributed by atoms with Crippen molar-refractivity contribution < 1.29 is 24.5 Å². The van der Waals surface area contributed by atoms with Crippen LogP contribution < -0.4 is 5.73 Å². The minimum absolute atomic E-state index is 0.161. The number of fused-ring (bicyclic) bond motifs is 1. The van der Waals surface area contributed by atoms with Crippen LogP contribution in [-0.2, 0) is 19.9 Å². The Labute approximate surface area is 166 Å². The molecule has 0 bridgehead atoms. The first-order valence-electron chi connectivity index (χ1n) is 9.38. The number of anilines is 1. The summed E-state index contributed by atoms with van der Waals surface area (Å²) in [5, 5.41) is 35.0. The second-order valence-electron chi connectivity index (χ2n) is 7.27. The van der Waals surface area contributed by atoms with E-state index in [0.717, 1.165) is 25.9 Å². The van der Waals surface area contributed by atoms with Crippen LogP contribution in [0.3, 0.4) is 0 Å². The van der Waals surface area contributed by atoms with E-state index < -0.39 is 29.9 Å². The Morgan fingerprint density at radius 3 is 2.90 bits per heavy atom. The third-order valence-electron chi connectivity index (χ3n) is 5.45. The van der Waals surface area contributed by atoms with Crippen molar-refractivity contribution in [3.05, 3.63) is 24.2 Å². The predicted octanol–water partition coefficient (Wildman–Crippen LogP) is -1.21. The highest BCUT2D eigenvalue weighted by molar-refractivity contribution is 5.71. The highest BCUT2D eigenvalue weighted by atomic mass is 16.6. The second kappa shape index (κ2) is 7.57. The van der Waals surface area contributed by atoms with Crippen molar-refractivity contribution in [2.45, 2.75) is 36.8 Å². The number of aliphatic hydroxyl groups is 2. The fourth-order valence-electron chi connectivity index (χ4n) is 3.89. The zero-order valence-corrected chi connectivity index (χ0v) is 15.6. The number of esters is 1. The number of hydrogen-bond acceptors (Lipinski definition) is 10. The van der Waals surface area contributed by atoms with Crippen LogP contribution in [0.25, 0.3) is 5.52 Å². The van der Waals surface area contributed by atoms with E-state index in [-0.39, 0.29) is 24.7 Å². The number of nitrogens with zero attached hydrogens (tertiary/aromatic N) is 5. The van der Waals surface area contributed by atoms with Gasteiger partial charge in [-0.05, 0) is 38.1 Å². The Kier molecular flexibility index (Phi) is 5.10. The van der Waals surface area contributed by atoms with E-state index >= 15 is 0 Å². The number of nitriles is 1. The highest BCUT2D eigenvalue weighted by Crippen LogP contribution is 2.40. The second-order valence-corrected chi connectivity index (χ2v) is 7.27. The van der Waals surface area contributed by atoms with Crippen molar-refractivity contribution in [2.75, 3.05) is 32.0 Å². The van der Waals surface area contributed by atoms with Crippen LogP contribution >= 0.6 is 0 Å². The molecule has 2 fully saturated rings. The number of hydrogen-bond donors (Lipinski definition) is 3. The van der Waals surface area contributed by atoms with Gasteiger partial charge in [0.2, 0.25) is 5.60 Å². The molecule has 0 unspecified atom stereocenters. The van der Waals surface area contributed by atoms with E-state index in [0.29, 0.717) is 5.52 Å². The molecular weight excluding hydrogens is 380 g/mol. The quantitative estimate of drug-likeness (QED) is 0.518. The molecule has 2 aromatic rings. The minimum atomic E-state index is -1.90. The van der Waals surface area contributed by atoms with Gasteiger partial charge in [0.25, 0.3) is 0 Å². The van der Waals surface area contributed by atoms with Crippen LogP contribution in [0.4, 0.5) is 5.82 Å². The lowest BCUT2D eigenvalue weighted by Crippen LogP contribution is -2.41. The van der Waals surface area contributed by atoms with Crippen LogP contribution in [0.2, 0.25) is 0 Å². The third-order valence-corrected chi connectivity index (χ3v) is 5.45. The lowest BCUT2D eigenvalue weighted by atomic mass is 9.92. The van der Waals surface area contributed by atoms with Crippen LogP contribution in [0.1, 0.15) is 18.5 Å². The Morgan fingerprint density at radius 2 is 2.17 bits per heavy atom. The summed E-state index contributed by atoms with van der Waals surface area (Å²) in [5.74, 6) is -0.250. The molecule has 0 amide bonds. The maximum atomic E-state index is 12.1. The molecule has 0 saturated carbocycles. The van der Waals surface area contributed by atoms with E-state index in [1.807, 2.05) is 11.0 Å². The summed E-state index contributed by atoms with van der Waals surface area (Å²) < 4.78 is 12.3. The molecule has 11 heteroatoms. The first-order valence-corrected chi connectivity index (χ1v) is 9.38. The van der Waals surface area contributed by atoms with Crippen molar-refractivity contribution in [1.82, 2.24) is 19.5 Å². The fraction of sp³-hybridized carbons (Fsp3) is 0.556. The molecule has 29 heavy (non-hydrogen) atoms. The van der Waals surface area contributed by atoms with Gasteiger partial charge in [0.1, 0.15) is 42.8 Å². The maximum absolute atomic E-state index is 12.1. The molecule has 2 saturated heterocycles. The molecule has 0 spiro atoms. The molecule has 0 aromatic carbocycles. The molecule has 4 rings (SSSR count). The van der Waals surface area contributed by atoms with E-state index in [2.05, 4.69) is 10.1 Å². The number of carbonyl (C=O) groups is 1. The first kappa shape index (κ1) is 19.5. The van der Waals surface area contributed by atoms with Gasteiger partial charge in [-0.1, -0.05) is 0 Å². The van der Waals surface area contributed by atoms with Gasteiger partial charge >= 0.3 is 5.97 Å². The number of aromatic nitrogens is 3. The summed E-state index contributed by atoms with van der Waals surface area (Å²) in [6.45, 7) is 1.57. The average molecular weight is 402 g/mol. The Morgan fingerprint density at radius 1 is 1.41 bits per heavy atom. The Balaban J connectivity index is 1.52. The number of nitrogen functional groups attached to an aromatic ring is 1. The van der Waals surface area contributed by atoms with Crippen molar-refractivity contribution in [1.29, 1.82) is 5.26 Å². The lowest BCUT2D eigenvalue weighted by Gasteiger charge is -2.24. The SMILES string of the molecule is N#C[C@@]1(c2ccc3c(N)ncnn23)O[C@H](COC(=O)CN2CCCC2)[C@@H](O)[C@H]1O. The van der Waals surface area contributed by atoms with Crippen LogP contribution in [-0.4, -0.2) is 80.2 Å². The minimum Gasteiger partial charge on any atom is -0.462 e. The molecule has 0 radical (unpaired) electrons. The smallest absolute Gasteiger partial charge is 0.320 e. The first-order chi connectivity index (χ1) is 14.0. The maximum Gasteiger partial charge on any atom is 0.320 e. The molecule has 11 nitrogen and oxygen atoms in total. The van der Waals surface area contributed by atoms with E-state index in [1.54, 1.807) is 6.07 Å². The van der Waals surface area contributed by atoms with Gasteiger partial charge in [0, 0.05) is 0 Å². The Hall–Kier alpha value is -2.78. The standard InChI is InChI=1S/C18H22N6O5/c19-9-18(13-4-3-11-17(20)21-10-22-24(11)13)16(27)15(26)12(29-18)8-28-14(25)7-23-5-1-2-6-23/h3-4,10,12,15-16,26-27H,1-2,5-8H2,(H2,20,21,22)/t12-,15-,16-,18+/m1/s1. The normalized spacial score (nSPS) is 29.9. The van der Waals surface area contributed by atoms with Gasteiger partial charge in [-0.2, -0.15) is 10.4 Å². The van der Waals surface area contributed by atoms with Crippen LogP contribution in [0, 0.1) is 11.3 Å². The molecule has 4 heterocycles. The van der Waals surface area contributed by atoms with E-state index in [1.165, 1.54) is 16.9 Å². The highest BCUT2D eigenvalue weighted by Gasteiger charge is 2.57. The average Bonchev–Trinajstić information content (AvgIpc) is 3.42. The number of likely N-dealkylation sites (tertiary alicyclic amines) is 1. The zero-order valence-electron chi connectivity index (χ0n) is 15.6. The van der Waals surface area contributed by atoms with Crippen molar-refractivity contribution in [3.63, 3.8) is 0 Å².